The summed E-state index contributed by atoms with van der Waals surface area (Å²) in [5.74, 6) is 0. The van der Waals surface area contributed by atoms with Crippen molar-refractivity contribution < 1.29 is 18.0 Å². The van der Waals surface area contributed by atoms with E-state index in [4.69, 9.17) is 0 Å². The van der Waals surface area contributed by atoms with Gasteiger partial charge in [0, 0.05) is 11.3 Å². The van der Waals surface area contributed by atoms with Gasteiger partial charge in [0.1, 0.15) is 0 Å². The third-order valence-electron chi connectivity index (χ3n) is 2.64. The molecule has 1 aliphatic heterocycles. The maximum Gasteiger partial charge on any atom is 0.415 e. The fourth-order valence-electron chi connectivity index (χ4n) is 1.70. The van der Waals surface area contributed by atoms with Crippen LogP contribution in [0, 0.1) is 0 Å². The van der Waals surface area contributed by atoms with E-state index in [9.17, 15) is 18.0 Å². The van der Waals surface area contributed by atoms with Crippen LogP contribution in [0.4, 0.5) is 23.7 Å². The van der Waals surface area contributed by atoms with E-state index in [1.807, 2.05) is 5.32 Å². The Morgan fingerprint density at radius 1 is 1.25 bits per heavy atom. The van der Waals surface area contributed by atoms with Crippen molar-refractivity contribution in [1.29, 1.82) is 0 Å². The maximum atomic E-state index is 12.9. The van der Waals surface area contributed by atoms with Crippen LogP contribution in [0.25, 0.3) is 0 Å². The second kappa shape index (κ2) is 3.13. The molecule has 6 heteroatoms. The lowest BCUT2D eigenvalue weighted by atomic mass is 9.88. The van der Waals surface area contributed by atoms with E-state index in [0.29, 0.717) is 0 Å². The molecule has 1 heterocycles. The van der Waals surface area contributed by atoms with E-state index in [0.717, 1.165) is 6.92 Å². The summed E-state index contributed by atoms with van der Waals surface area (Å²) in [5, 5.41) is 4.25. The zero-order valence-corrected chi connectivity index (χ0v) is 8.35. The molecular weight excluding hydrogens is 221 g/mol. The monoisotopic (exact) mass is 230 g/mol. The van der Waals surface area contributed by atoms with Gasteiger partial charge in [-0.25, -0.2) is 4.79 Å². The number of anilines is 1. The average Bonchev–Trinajstić information content (AvgIpc) is 2.15. The molecule has 16 heavy (non-hydrogen) atoms. The second-order valence-electron chi connectivity index (χ2n) is 3.75. The largest absolute Gasteiger partial charge is 0.415 e. The molecule has 0 saturated heterocycles. The first-order chi connectivity index (χ1) is 7.34. The van der Waals surface area contributed by atoms with Crippen molar-refractivity contribution in [3.8, 4) is 0 Å². The fourth-order valence-corrected chi connectivity index (χ4v) is 1.70. The van der Waals surface area contributed by atoms with Gasteiger partial charge in [-0.05, 0) is 13.0 Å². The number of halogens is 3. The molecule has 0 fully saturated rings. The molecule has 0 aliphatic carbocycles. The summed E-state index contributed by atoms with van der Waals surface area (Å²) in [4.78, 5) is 11.2. The minimum absolute atomic E-state index is 0.0158. The van der Waals surface area contributed by atoms with Crippen LogP contribution < -0.4 is 10.6 Å². The summed E-state index contributed by atoms with van der Waals surface area (Å²) >= 11 is 0. The normalized spacial score (nSPS) is 24.4. The van der Waals surface area contributed by atoms with E-state index in [-0.39, 0.29) is 11.3 Å². The lowest BCUT2D eigenvalue weighted by Crippen LogP contribution is -2.58. The van der Waals surface area contributed by atoms with Crippen molar-refractivity contribution in [2.24, 2.45) is 0 Å². The average molecular weight is 230 g/mol. The predicted molar refractivity (Wildman–Crippen MR) is 52.0 cm³/mol. The SMILES string of the molecule is C[C@@]1(C(F)(F)F)NC(=O)Nc2ccccc21. The zero-order valence-electron chi connectivity index (χ0n) is 8.35. The summed E-state index contributed by atoms with van der Waals surface area (Å²) in [7, 11) is 0. The highest BCUT2D eigenvalue weighted by atomic mass is 19.4. The Kier molecular flexibility index (Phi) is 2.11. The second-order valence-corrected chi connectivity index (χ2v) is 3.75. The Bertz CT molecular complexity index is 444. The van der Waals surface area contributed by atoms with Crippen molar-refractivity contribution in [2.45, 2.75) is 18.6 Å². The number of hydrogen-bond donors (Lipinski definition) is 2. The van der Waals surface area contributed by atoms with Crippen LogP contribution in [0.1, 0.15) is 12.5 Å². The Morgan fingerprint density at radius 3 is 2.50 bits per heavy atom. The molecule has 1 aromatic carbocycles. The predicted octanol–water partition coefficient (Wildman–Crippen LogP) is 2.60. The third-order valence-corrected chi connectivity index (χ3v) is 2.64. The van der Waals surface area contributed by atoms with Gasteiger partial charge < -0.3 is 10.6 Å². The summed E-state index contributed by atoms with van der Waals surface area (Å²) in [6.07, 6.45) is -4.54. The lowest BCUT2D eigenvalue weighted by molar-refractivity contribution is -0.191. The Hall–Kier alpha value is -1.72. The number of alkyl halides is 3. The molecule has 2 rings (SSSR count). The highest BCUT2D eigenvalue weighted by Gasteiger charge is 2.56. The molecular formula is C10H9F3N2O. The van der Waals surface area contributed by atoms with Gasteiger partial charge in [0.15, 0.2) is 5.54 Å². The van der Waals surface area contributed by atoms with Crippen LogP contribution >= 0.6 is 0 Å². The number of carbonyl (C=O) groups excluding carboxylic acids is 1. The van der Waals surface area contributed by atoms with E-state index in [1.54, 1.807) is 6.07 Å². The summed E-state index contributed by atoms with van der Waals surface area (Å²) < 4.78 is 38.8. The summed E-state index contributed by atoms with van der Waals surface area (Å²) in [6.45, 7) is 0.949. The van der Waals surface area contributed by atoms with Crippen molar-refractivity contribution in [2.75, 3.05) is 5.32 Å². The van der Waals surface area contributed by atoms with Crippen LogP contribution in [0.15, 0.2) is 24.3 Å². The van der Waals surface area contributed by atoms with Crippen LogP contribution in [-0.4, -0.2) is 12.2 Å². The molecule has 1 aliphatic rings. The molecule has 1 aromatic rings. The Labute approximate surface area is 89.6 Å². The van der Waals surface area contributed by atoms with Crippen molar-refractivity contribution >= 4 is 11.7 Å². The molecule has 0 bridgehead atoms. The van der Waals surface area contributed by atoms with Crippen molar-refractivity contribution in [3.05, 3.63) is 29.8 Å². The standard InChI is InChI=1S/C10H9F3N2O/c1-9(10(11,12)13)6-4-2-3-5-7(6)14-8(16)15-9/h2-5H,1H3,(H2,14,15,16)/t9-/m1/s1. The molecule has 0 aromatic heterocycles. The van der Waals surface area contributed by atoms with Crippen molar-refractivity contribution in [3.63, 3.8) is 0 Å². The molecule has 1 atom stereocenters. The summed E-state index contributed by atoms with van der Waals surface area (Å²) in [6, 6.07) is 5.01. The number of carbonyl (C=O) groups is 1. The number of fused-ring (bicyclic) bond motifs is 1. The van der Waals surface area contributed by atoms with Gasteiger partial charge in [0.2, 0.25) is 0 Å². The first kappa shape index (κ1) is 10.8. The first-order valence-corrected chi connectivity index (χ1v) is 4.60. The molecule has 2 N–H and O–H groups in total. The number of para-hydroxylation sites is 1. The Morgan fingerprint density at radius 2 is 1.88 bits per heavy atom. The first-order valence-electron chi connectivity index (χ1n) is 4.60. The minimum atomic E-state index is -4.54. The zero-order chi connectivity index (χ0) is 12.0. The highest BCUT2D eigenvalue weighted by molar-refractivity contribution is 5.93. The van der Waals surface area contributed by atoms with Gasteiger partial charge in [-0.1, -0.05) is 18.2 Å². The molecule has 0 unspecified atom stereocenters. The number of amides is 2. The van der Waals surface area contributed by atoms with Gasteiger partial charge in [0.25, 0.3) is 0 Å². The van der Waals surface area contributed by atoms with Gasteiger partial charge in [0.05, 0.1) is 0 Å². The van der Waals surface area contributed by atoms with E-state index in [2.05, 4.69) is 5.32 Å². The van der Waals surface area contributed by atoms with Crippen LogP contribution in [0.2, 0.25) is 0 Å². The molecule has 2 amide bonds. The fraction of sp³-hybridized carbons (Fsp3) is 0.300. The van der Waals surface area contributed by atoms with E-state index < -0.39 is 17.7 Å². The van der Waals surface area contributed by atoms with Gasteiger partial charge in [-0.3, -0.25) is 0 Å². The molecule has 0 radical (unpaired) electrons. The van der Waals surface area contributed by atoms with Crippen LogP contribution in [-0.2, 0) is 5.54 Å². The Balaban J connectivity index is 2.61. The van der Waals surface area contributed by atoms with Gasteiger partial charge >= 0.3 is 12.2 Å². The molecule has 0 saturated carbocycles. The number of rotatable bonds is 0. The topological polar surface area (TPSA) is 41.1 Å². The summed E-state index contributed by atoms with van der Waals surface area (Å²) in [5.41, 5.74) is -2.14. The van der Waals surface area contributed by atoms with Crippen molar-refractivity contribution in [1.82, 2.24) is 5.32 Å². The maximum absolute atomic E-state index is 12.9. The minimum Gasteiger partial charge on any atom is -0.320 e. The van der Waals surface area contributed by atoms with Gasteiger partial charge in [-0.15, -0.1) is 0 Å². The lowest BCUT2D eigenvalue weighted by Gasteiger charge is -2.38. The third kappa shape index (κ3) is 1.41. The van der Waals surface area contributed by atoms with Gasteiger partial charge in [-0.2, -0.15) is 13.2 Å². The van der Waals surface area contributed by atoms with Crippen LogP contribution in [0.5, 0.6) is 0 Å². The number of urea groups is 1. The number of benzene rings is 1. The van der Waals surface area contributed by atoms with E-state index in [1.165, 1.54) is 18.2 Å². The molecule has 86 valence electrons. The van der Waals surface area contributed by atoms with E-state index >= 15 is 0 Å². The quantitative estimate of drug-likeness (QED) is 0.706. The molecule has 0 spiro atoms. The molecule has 3 nitrogen and oxygen atoms in total. The highest BCUT2D eigenvalue weighted by Crippen LogP contribution is 2.43. The number of nitrogens with one attached hydrogen (secondary N) is 2. The number of hydrogen-bond acceptors (Lipinski definition) is 1. The van der Waals surface area contributed by atoms with Crippen LogP contribution in [0.3, 0.4) is 0 Å². The smallest absolute Gasteiger partial charge is 0.320 e.